The molecule has 7 heteroatoms. The summed E-state index contributed by atoms with van der Waals surface area (Å²) in [6.07, 6.45) is 3.25. The topological polar surface area (TPSA) is 93.8 Å². The highest BCUT2D eigenvalue weighted by Crippen LogP contribution is 2.28. The fourth-order valence-corrected chi connectivity index (χ4v) is 2.40. The van der Waals surface area contributed by atoms with E-state index in [-0.39, 0.29) is 17.4 Å². The molecule has 2 aromatic carbocycles. The van der Waals surface area contributed by atoms with Gasteiger partial charge in [-0.3, -0.25) is 14.9 Å². The summed E-state index contributed by atoms with van der Waals surface area (Å²) in [4.78, 5) is 22.2. The van der Waals surface area contributed by atoms with Crippen LogP contribution in [0.25, 0.3) is 6.08 Å². The number of hydrazone groups is 1. The highest BCUT2D eigenvalue weighted by molar-refractivity contribution is 5.96. The Kier molecular flexibility index (Phi) is 4.56. The Labute approximate surface area is 143 Å². The SMILES string of the molecule is C[C@H]1Oc2ccccc2C=C1/C=N\NC(=O)c1cccc([N+](=O)[O-])c1. The van der Waals surface area contributed by atoms with E-state index in [1.165, 1.54) is 30.5 Å². The van der Waals surface area contributed by atoms with Gasteiger partial charge in [-0.2, -0.15) is 5.10 Å². The lowest BCUT2D eigenvalue weighted by Gasteiger charge is -2.22. The molecule has 0 radical (unpaired) electrons. The van der Waals surface area contributed by atoms with Crippen LogP contribution < -0.4 is 10.2 Å². The molecule has 0 bridgehead atoms. The molecular weight excluding hydrogens is 322 g/mol. The Morgan fingerprint density at radius 3 is 2.88 bits per heavy atom. The second-order valence-corrected chi connectivity index (χ2v) is 5.45. The number of nitrogens with one attached hydrogen (secondary N) is 1. The van der Waals surface area contributed by atoms with Crippen LogP contribution in [0.1, 0.15) is 22.8 Å². The zero-order chi connectivity index (χ0) is 17.8. The first-order valence-electron chi connectivity index (χ1n) is 7.60. The van der Waals surface area contributed by atoms with Gasteiger partial charge in [-0.1, -0.05) is 24.3 Å². The first kappa shape index (κ1) is 16.4. The van der Waals surface area contributed by atoms with Gasteiger partial charge in [0.1, 0.15) is 11.9 Å². The number of non-ortho nitro benzene ring substituents is 1. The molecule has 0 fully saturated rings. The average molecular weight is 337 g/mol. The maximum atomic E-state index is 12.0. The highest BCUT2D eigenvalue weighted by Gasteiger charge is 2.17. The second-order valence-electron chi connectivity index (χ2n) is 5.45. The first-order valence-corrected chi connectivity index (χ1v) is 7.60. The van der Waals surface area contributed by atoms with Crippen LogP contribution in [0.5, 0.6) is 5.75 Å². The fourth-order valence-electron chi connectivity index (χ4n) is 2.40. The lowest BCUT2D eigenvalue weighted by molar-refractivity contribution is -0.384. The van der Waals surface area contributed by atoms with E-state index < -0.39 is 10.8 Å². The van der Waals surface area contributed by atoms with Crippen LogP contribution in [0.3, 0.4) is 0 Å². The normalized spacial score (nSPS) is 15.9. The summed E-state index contributed by atoms with van der Waals surface area (Å²) < 4.78 is 5.78. The molecule has 0 saturated carbocycles. The number of hydrogen-bond acceptors (Lipinski definition) is 5. The molecule has 1 aliphatic heterocycles. The molecule has 0 spiro atoms. The van der Waals surface area contributed by atoms with Gasteiger partial charge >= 0.3 is 0 Å². The van der Waals surface area contributed by atoms with Crippen molar-refractivity contribution in [1.29, 1.82) is 0 Å². The summed E-state index contributed by atoms with van der Waals surface area (Å²) in [5.74, 6) is 0.276. The molecule has 0 aliphatic carbocycles. The molecular formula is C18H15N3O4. The van der Waals surface area contributed by atoms with Crippen LogP contribution >= 0.6 is 0 Å². The molecule has 1 aliphatic rings. The maximum absolute atomic E-state index is 12.0. The van der Waals surface area contributed by atoms with Crippen molar-refractivity contribution in [3.05, 3.63) is 75.3 Å². The number of rotatable bonds is 4. The van der Waals surface area contributed by atoms with Gasteiger partial charge in [0.25, 0.3) is 11.6 Å². The number of ether oxygens (including phenoxy) is 1. The molecule has 2 aromatic rings. The van der Waals surface area contributed by atoms with Crippen molar-refractivity contribution in [3.8, 4) is 5.75 Å². The third-order valence-electron chi connectivity index (χ3n) is 3.71. The van der Waals surface area contributed by atoms with Crippen molar-refractivity contribution in [2.75, 3.05) is 0 Å². The number of para-hydroxylation sites is 1. The van der Waals surface area contributed by atoms with Gasteiger partial charge in [0, 0.05) is 28.8 Å². The van der Waals surface area contributed by atoms with Crippen molar-refractivity contribution in [2.24, 2.45) is 5.10 Å². The smallest absolute Gasteiger partial charge is 0.271 e. The summed E-state index contributed by atoms with van der Waals surface area (Å²) >= 11 is 0. The van der Waals surface area contributed by atoms with Crippen LogP contribution in [-0.4, -0.2) is 23.1 Å². The minimum Gasteiger partial charge on any atom is -0.485 e. The maximum Gasteiger partial charge on any atom is 0.271 e. The van der Waals surface area contributed by atoms with E-state index in [1.54, 1.807) is 0 Å². The quantitative estimate of drug-likeness (QED) is 0.527. The molecule has 25 heavy (non-hydrogen) atoms. The van der Waals surface area contributed by atoms with E-state index in [4.69, 9.17) is 4.74 Å². The van der Waals surface area contributed by atoms with Crippen LogP contribution in [0.4, 0.5) is 5.69 Å². The van der Waals surface area contributed by atoms with Crippen molar-refractivity contribution in [1.82, 2.24) is 5.43 Å². The van der Waals surface area contributed by atoms with Crippen molar-refractivity contribution in [2.45, 2.75) is 13.0 Å². The molecule has 0 unspecified atom stereocenters. The number of nitro groups is 1. The first-order chi connectivity index (χ1) is 12.0. The number of carbonyl (C=O) groups is 1. The molecule has 1 heterocycles. The van der Waals surface area contributed by atoms with E-state index >= 15 is 0 Å². The minimum absolute atomic E-state index is 0.148. The largest absolute Gasteiger partial charge is 0.485 e. The summed E-state index contributed by atoms with van der Waals surface area (Å²) in [6, 6.07) is 13.1. The molecule has 7 nitrogen and oxygen atoms in total. The van der Waals surface area contributed by atoms with Crippen molar-refractivity contribution >= 4 is 23.9 Å². The van der Waals surface area contributed by atoms with Gasteiger partial charge in [-0.25, -0.2) is 5.43 Å². The van der Waals surface area contributed by atoms with Crippen molar-refractivity contribution in [3.63, 3.8) is 0 Å². The predicted molar refractivity (Wildman–Crippen MR) is 93.6 cm³/mol. The Morgan fingerprint density at radius 2 is 2.08 bits per heavy atom. The van der Waals surface area contributed by atoms with E-state index in [1.807, 2.05) is 37.3 Å². The van der Waals surface area contributed by atoms with E-state index in [0.29, 0.717) is 0 Å². The van der Waals surface area contributed by atoms with Gasteiger partial charge in [0.2, 0.25) is 0 Å². The molecule has 3 rings (SSSR count). The Balaban J connectivity index is 1.71. The van der Waals surface area contributed by atoms with Crippen LogP contribution in [0.2, 0.25) is 0 Å². The summed E-state index contributed by atoms with van der Waals surface area (Å²) in [5, 5.41) is 14.7. The molecule has 1 amide bonds. The van der Waals surface area contributed by atoms with Gasteiger partial charge < -0.3 is 4.74 Å². The Morgan fingerprint density at radius 1 is 1.28 bits per heavy atom. The van der Waals surface area contributed by atoms with Crippen molar-refractivity contribution < 1.29 is 14.5 Å². The highest BCUT2D eigenvalue weighted by atomic mass is 16.6. The number of fused-ring (bicyclic) bond motifs is 1. The van der Waals surface area contributed by atoms with Gasteiger partial charge in [-0.15, -0.1) is 0 Å². The molecule has 0 aromatic heterocycles. The summed E-state index contributed by atoms with van der Waals surface area (Å²) in [7, 11) is 0. The molecule has 126 valence electrons. The third-order valence-corrected chi connectivity index (χ3v) is 3.71. The van der Waals surface area contributed by atoms with E-state index in [2.05, 4.69) is 10.5 Å². The number of nitrogens with zero attached hydrogens (tertiary/aromatic N) is 2. The van der Waals surface area contributed by atoms with Gasteiger partial charge in [0.05, 0.1) is 11.1 Å². The van der Waals surface area contributed by atoms with Crippen LogP contribution in [-0.2, 0) is 0 Å². The summed E-state index contributed by atoms with van der Waals surface area (Å²) in [6.45, 7) is 1.89. The average Bonchev–Trinajstić information content (AvgIpc) is 2.62. The third kappa shape index (κ3) is 3.72. The molecule has 0 saturated heterocycles. The second kappa shape index (κ2) is 6.96. The van der Waals surface area contributed by atoms with E-state index in [9.17, 15) is 14.9 Å². The van der Waals surface area contributed by atoms with Crippen LogP contribution in [0, 0.1) is 10.1 Å². The van der Waals surface area contributed by atoms with Gasteiger partial charge in [-0.05, 0) is 25.1 Å². The monoisotopic (exact) mass is 337 g/mol. The number of amides is 1. The van der Waals surface area contributed by atoms with Crippen LogP contribution in [0.15, 0.2) is 59.2 Å². The number of nitro benzene ring substituents is 1. The number of hydrogen-bond donors (Lipinski definition) is 1. The Hall–Kier alpha value is -3.48. The number of carbonyl (C=O) groups excluding carboxylic acids is 1. The predicted octanol–water partition coefficient (Wildman–Crippen LogP) is 3.17. The Bertz CT molecular complexity index is 889. The summed E-state index contributed by atoms with van der Waals surface area (Å²) in [5.41, 5.74) is 4.13. The molecule has 1 atom stereocenters. The zero-order valence-electron chi connectivity index (χ0n) is 13.4. The fraction of sp³-hybridized carbons (Fsp3) is 0.111. The zero-order valence-corrected chi connectivity index (χ0v) is 13.4. The molecule has 1 N–H and O–H groups in total. The lowest BCUT2D eigenvalue weighted by Crippen LogP contribution is -2.22. The standard InChI is InChI=1S/C18H15N3O4/c1-12-15(9-13-5-2-3-8-17(13)25-12)11-19-20-18(22)14-6-4-7-16(10-14)21(23)24/h2-12H,1H3,(H,20,22)/b19-11-/t12-/m1/s1. The van der Waals surface area contributed by atoms with Gasteiger partial charge in [0.15, 0.2) is 0 Å². The minimum atomic E-state index is -0.552. The van der Waals surface area contributed by atoms with E-state index in [0.717, 1.165) is 16.9 Å². The number of benzene rings is 2. The lowest BCUT2D eigenvalue weighted by atomic mass is 10.0.